The van der Waals surface area contributed by atoms with Crippen LogP contribution in [0, 0.1) is 0 Å². The third-order valence-electron chi connectivity index (χ3n) is 3.98. The first kappa shape index (κ1) is 18.8. The van der Waals surface area contributed by atoms with Crippen LogP contribution in [0.25, 0.3) is 0 Å². The minimum absolute atomic E-state index is 0.0472. The molecule has 2 aromatic carbocycles. The Balaban J connectivity index is 2.02. The maximum Gasteiger partial charge on any atom is 0.315 e. The van der Waals surface area contributed by atoms with E-state index < -0.39 is 23.4 Å². The molecule has 2 rings (SSSR count). The summed E-state index contributed by atoms with van der Waals surface area (Å²) in [5, 5.41) is 12.8. The largest absolute Gasteiger partial charge is 0.481 e. The Morgan fingerprint density at radius 1 is 1.20 bits per heavy atom. The van der Waals surface area contributed by atoms with Crippen LogP contribution in [0.3, 0.4) is 0 Å². The highest BCUT2D eigenvalue weighted by Gasteiger charge is 2.36. The normalized spacial score (nSPS) is 14.2. The number of carboxylic acids is 1. The van der Waals surface area contributed by atoms with Gasteiger partial charge in [0.25, 0.3) is 5.91 Å². The molecule has 0 aliphatic carbocycles. The summed E-state index contributed by atoms with van der Waals surface area (Å²) in [4.78, 5) is 24.0. The second kappa shape index (κ2) is 8.03. The van der Waals surface area contributed by atoms with Gasteiger partial charge >= 0.3 is 5.97 Å². The van der Waals surface area contributed by atoms with Gasteiger partial charge in [0.05, 0.1) is 0 Å². The lowest BCUT2D eigenvalue weighted by Crippen LogP contribution is -2.47. The van der Waals surface area contributed by atoms with Crippen LogP contribution in [0.5, 0.6) is 5.75 Å². The molecule has 132 valence electrons. The lowest BCUT2D eigenvalue weighted by molar-refractivity contribution is -0.143. The van der Waals surface area contributed by atoms with Gasteiger partial charge in [-0.1, -0.05) is 48.0 Å². The van der Waals surface area contributed by atoms with Crippen molar-refractivity contribution < 1.29 is 19.4 Å². The summed E-state index contributed by atoms with van der Waals surface area (Å²) in [6, 6.07) is 15.5. The molecule has 0 spiro atoms. The Morgan fingerprint density at radius 3 is 2.48 bits per heavy atom. The second-order valence-corrected chi connectivity index (χ2v) is 6.37. The zero-order valence-corrected chi connectivity index (χ0v) is 14.8. The Kier molecular flexibility index (Phi) is 6.04. The van der Waals surface area contributed by atoms with E-state index in [2.05, 4.69) is 5.32 Å². The molecule has 0 aliphatic heterocycles. The summed E-state index contributed by atoms with van der Waals surface area (Å²) in [6.07, 6.45) is -0.785. The number of halogens is 1. The molecule has 2 atom stereocenters. The molecule has 25 heavy (non-hydrogen) atoms. The van der Waals surface area contributed by atoms with Crippen molar-refractivity contribution in [2.75, 3.05) is 6.54 Å². The van der Waals surface area contributed by atoms with Gasteiger partial charge in [0.1, 0.15) is 11.2 Å². The fourth-order valence-electron chi connectivity index (χ4n) is 2.31. The van der Waals surface area contributed by atoms with Crippen LogP contribution in [0.15, 0.2) is 54.6 Å². The molecule has 0 aromatic heterocycles. The predicted octanol–water partition coefficient (Wildman–Crippen LogP) is 3.27. The van der Waals surface area contributed by atoms with E-state index in [1.807, 2.05) is 6.07 Å². The van der Waals surface area contributed by atoms with E-state index >= 15 is 0 Å². The number of carbonyl (C=O) groups excluding carboxylic acids is 1. The van der Waals surface area contributed by atoms with Crippen molar-refractivity contribution in [3.8, 4) is 5.75 Å². The summed E-state index contributed by atoms with van der Waals surface area (Å²) >= 11 is 5.89. The van der Waals surface area contributed by atoms with E-state index in [-0.39, 0.29) is 6.54 Å². The fraction of sp³-hybridized carbons (Fsp3) is 0.263. The molecule has 5 nitrogen and oxygen atoms in total. The van der Waals surface area contributed by atoms with Gasteiger partial charge in [-0.3, -0.25) is 9.59 Å². The van der Waals surface area contributed by atoms with E-state index in [9.17, 15) is 14.7 Å². The van der Waals surface area contributed by atoms with Crippen LogP contribution in [-0.4, -0.2) is 29.6 Å². The molecule has 2 N–H and O–H groups in total. The monoisotopic (exact) mass is 361 g/mol. The summed E-state index contributed by atoms with van der Waals surface area (Å²) in [5.74, 6) is -0.940. The number of benzene rings is 2. The van der Waals surface area contributed by atoms with Gasteiger partial charge in [-0.05, 0) is 37.6 Å². The molecule has 2 unspecified atom stereocenters. The zero-order chi connectivity index (χ0) is 18.4. The predicted molar refractivity (Wildman–Crippen MR) is 96.0 cm³/mol. The van der Waals surface area contributed by atoms with Gasteiger partial charge in [-0.2, -0.15) is 0 Å². The number of aliphatic carboxylic acids is 1. The van der Waals surface area contributed by atoms with Crippen molar-refractivity contribution in [3.05, 3.63) is 65.2 Å². The highest BCUT2D eigenvalue weighted by Crippen LogP contribution is 2.23. The van der Waals surface area contributed by atoms with Crippen LogP contribution in [-0.2, 0) is 15.0 Å². The molecular formula is C19H20ClNO4. The molecule has 0 heterocycles. The van der Waals surface area contributed by atoms with Crippen LogP contribution < -0.4 is 10.1 Å². The van der Waals surface area contributed by atoms with E-state index in [1.54, 1.807) is 62.4 Å². The molecular weight excluding hydrogens is 342 g/mol. The Labute approximate surface area is 151 Å². The topological polar surface area (TPSA) is 75.6 Å². The number of hydrogen-bond donors (Lipinski definition) is 2. The van der Waals surface area contributed by atoms with Crippen molar-refractivity contribution in [1.82, 2.24) is 5.32 Å². The van der Waals surface area contributed by atoms with Gasteiger partial charge in [-0.25, -0.2) is 0 Å². The quantitative estimate of drug-likeness (QED) is 0.793. The summed E-state index contributed by atoms with van der Waals surface area (Å²) in [6.45, 7) is 3.12. The van der Waals surface area contributed by atoms with Gasteiger partial charge in [0.15, 0.2) is 6.10 Å². The highest BCUT2D eigenvalue weighted by atomic mass is 35.5. The van der Waals surface area contributed by atoms with Crippen molar-refractivity contribution in [2.45, 2.75) is 25.4 Å². The summed E-state index contributed by atoms with van der Waals surface area (Å²) in [5.41, 5.74) is -0.613. The lowest BCUT2D eigenvalue weighted by atomic mass is 9.82. The van der Waals surface area contributed by atoms with Gasteiger partial charge in [0.2, 0.25) is 0 Å². The second-order valence-electron chi connectivity index (χ2n) is 5.94. The van der Waals surface area contributed by atoms with Crippen molar-refractivity contribution in [2.24, 2.45) is 0 Å². The zero-order valence-electron chi connectivity index (χ0n) is 14.0. The van der Waals surface area contributed by atoms with Crippen molar-refractivity contribution in [1.29, 1.82) is 0 Å². The lowest BCUT2D eigenvalue weighted by Gasteiger charge is -2.26. The van der Waals surface area contributed by atoms with E-state index in [4.69, 9.17) is 16.3 Å². The molecule has 1 amide bonds. The average Bonchev–Trinajstić information content (AvgIpc) is 2.59. The number of rotatable bonds is 7. The highest BCUT2D eigenvalue weighted by molar-refractivity contribution is 6.30. The third kappa shape index (κ3) is 4.73. The van der Waals surface area contributed by atoms with E-state index in [0.29, 0.717) is 16.3 Å². The maximum atomic E-state index is 12.3. The standard InChI is InChI=1S/C19H20ClNO4/c1-13(25-16-10-6-9-15(20)11-16)17(22)21-12-19(2,18(23)24)14-7-4-3-5-8-14/h3-11,13H,12H2,1-2H3,(H,21,22)(H,23,24). The minimum atomic E-state index is -1.23. The Hall–Kier alpha value is -2.53. The van der Waals surface area contributed by atoms with Crippen LogP contribution in [0.1, 0.15) is 19.4 Å². The number of nitrogens with one attached hydrogen (secondary N) is 1. The number of carboxylic acid groups (broad SMARTS) is 1. The van der Waals surface area contributed by atoms with Crippen LogP contribution in [0.4, 0.5) is 0 Å². The van der Waals surface area contributed by atoms with Crippen LogP contribution >= 0.6 is 11.6 Å². The fourth-order valence-corrected chi connectivity index (χ4v) is 2.49. The first-order chi connectivity index (χ1) is 11.8. The molecule has 6 heteroatoms. The smallest absolute Gasteiger partial charge is 0.315 e. The molecule has 0 saturated heterocycles. The van der Waals surface area contributed by atoms with Crippen molar-refractivity contribution >= 4 is 23.5 Å². The van der Waals surface area contributed by atoms with Crippen molar-refractivity contribution in [3.63, 3.8) is 0 Å². The molecule has 0 bridgehead atoms. The van der Waals surface area contributed by atoms with Gasteiger partial charge in [0, 0.05) is 11.6 Å². The van der Waals surface area contributed by atoms with Gasteiger partial charge in [-0.15, -0.1) is 0 Å². The molecule has 2 aromatic rings. The van der Waals surface area contributed by atoms with Crippen LogP contribution in [0.2, 0.25) is 5.02 Å². The molecule has 0 saturated carbocycles. The van der Waals surface area contributed by atoms with E-state index in [1.165, 1.54) is 0 Å². The minimum Gasteiger partial charge on any atom is -0.481 e. The molecule has 0 fully saturated rings. The SMILES string of the molecule is CC(Oc1cccc(Cl)c1)C(=O)NCC(C)(C(=O)O)c1ccccc1. The van der Waals surface area contributed by atoms with Gasteiger partial charge < -0.3 is 15.2 Å². The number of amides is 1. The Bertz CT molecular complexity index is 750. The maximum absolute atomic E-state index is 12.3. The number of ether oxygens (including phenoxy) is 1. The molecule has 0 aliphatic rings. The summed E-state index contributed by atoms with van der Waals surface area (Å²) < 4.78 is 5.54. The summed E-state index contributed by atoms with van der Waals surface area (Å²) in [7, 11) is 0. The number of carbonyl (C=O) groups is 2. The first-order valence-corrected chi connectivity index (χ1v) is 8.19. The first-order valence-electron chi connectivity index (χ1n) is 7.82. The Morgan fingerprint density at radius 2 is 1.88 bits per heavy atom. The van der Waals surface area contributed by atoms with E-state index in [0.717, 1.165) is 0 Å². The number of hydrogen-bond acceptors (Lipinski definition) is 3. The third-order valence-corrected chi connectivity index (χ3v) is 4.21. The average molecular weight is 362 g/mol. The molecule has 0 radical (unpaired) electrons.